The molecular formula is C16H15BrO4. The van der Waals surface area contributed by atoms with E-state index in [1.165, 1.54) is 6.07 Å². The fraction of sp³-hybridized carbons (Fsp3) is 0.188. The van der Waals surface area contributed by atoms with Crippen LogP contribution in [0, 0.1) is 0 Å². The van der Waals surface area contributed by atoms with E-state index in [2.05, 4.69) is 15.9 Å². The Morgan fingerprint density at radius 3 is 2.48 bits per heavy atom. The van der Waals surface area contributed by atoms with Crippen LogP contribution in [0.15, 0.2) is 46.9 Å². The Bertz CT molecular complexity index is 626. The van der Waals surface area contributed by atoms with Crippen LogP contribution in [0.2, 0.25) is 0 Å². The number of hydrogen-bond acceptors (Lipinski definition) is 3. The molecule has 0 aromatic heterocycles. The van der Waals surface area contributed by atoms with Gasteiger partial charge < -0.3 is 14.6 Å². The lowest BCUT2D eigenvalue weighted by Gasteiger charge is -2.13. The van der Waals surface area contributed by atoms with Crippen LogP contribution in [0.4, 0.5) is 0 Å². The van der Waals surface area contributed by atoms with Crippen molar-refractivity contribution in [1.29, 1.82) is 0 Å². The minimum atomic E-state index is -1.03. The molecule has 0 fully saturated rings. The van der Waals surface area contributed by atoms with Crippen molar-refractivity contribution in [2.45, 2.75) is 13.5 Å². The van der Waals surface area contributed by atoms with Crippen molar-refractivity contribution in [3.05, 3.63) is 58.1 Å². The first-order chi connectivity index (χ1) is 10.1. The van der Waals surface area contributed by atoms with Crippen LogP contribution in [-0.4, -0.2) is 17.7 Å². The van der Waals surface area contributed by atoms with Crippen molar-refractivity contribution in [2.75, 3.05) is 6.61 Å². The summed E-state index contributed by atoms with van der Waals surface area (Å²) in [6.45, 7) is 2.59. The summed E-state index contributed by atoms with van der Waals surface area (Å²) < 4.78 is 11.7. The molecule has 0 radical (unpaired) electrons. The first-order valence-corrected chi connectivity index (χ1v) is 7.27. The largest absolute Gasteiger partial charge is 0.493 e. The molecule has 5 heteroatoms. The Labute approximate surface area is 131 Å². The van der Waals surface area contributed by atoms with Crippen molar-refractivity contribution < 1.29 is 19.4 Å². The van der Waals surface area contributed by atoms with Crippen molar-refractivity contribution in [1.82, 2.24) is 0 Å². The van der Waals surface area contributed by atoms with E-state index in [9.17, 15) is 9.90 Å². The van der Waals surface area contributed by atoms with E-state index >= 15 is 0 Å². The minimum absolute atomic E-state index is 0.107. The highest BCUT2D eigenvalue weighted by Crippen LogP contribution is 2.33. The predicted octanol–water partition coefficient (Wildman–Crippen LogP) is 4.13. The average Bonchev–Trinajstić information content (AvgIpc) is 2.48. The number of rotatable bonds is 6. The first kappa shape index (κ1) is 15.4. The molecule has 0 saturated carbocycles. The van der Waals surface area contributed by atoms with Gasteiger partial charge in [0.05, 0.1) is 11.1 Å². The lowest BCUT2D eigenvalue weighted by Crippen LogP contribution is -2.04. The number of aromatic carboxylic acids is 1. The maximum absolute atomic E-state index is 11.2. The van der Waals surface area contributed by atoms with Crippen LogP contribution >= 0.6 is 15.9 Å². The highest BCUT2D eigenvalue weighted by molar-refractivity contribution is 9.10. The second-order valence-electron chi connectivity index (χ2n) is 4.29. The maximum Gasteiger partial charge on any atom is 0.339 e. The van der Waals surface area contributed by atoms with Gasteiger partial charge in [-0.05, 0) is 34.5 Å². The Balaban J connectivity index is 2.23. The third-order valence-electron chi connectivity index (χ3n) is 2.80. The molecule has 2 aromatic rings. The maximum atomic E-state index is 11.2. The zero-order valence-electron chi connectivity index (χ0n) is 11.5. The normalized spacial score (nSPS) is 10.2. The lowest BCUT2D eigenvalue weighted by molar-refractivity contribution is 0.0692. The zero-order chi connectivity index (χ0) is 15.2. The molecule has 0 aliphatic heterocycles. The number of benzene rings is 2. The monoisotopic (exact) mass is 350 g/mol. The van der Waals surface area contributed by atoms with Crippen molar-refractivity contribution in [3.8, 4) is 11.5 Å². The van der Waals surface area contributed by atoms with Gasteiger partial charge in [-0.15, -0.1) is 0 Å². The molecule has 0 aliphatic carbocycles. The summed E-state index contributed by atoms with van der Waals surface area (Å²) in [6, 6.07) is 12.8. The van der Waals surface area contributed by atoms with Crippen molar-refractivity contribution in [2.24, 2.45) is 0 Å². The SMILES string of the molecule is CCOc1cc(OCc2ccccc2)c(Br)cc1C(=O)O. The molecule has 0 amide bonds. The predicted molar refractivity (Wildman–Crippen MR) is 83.0 cm³/mol. The molecule has 1 N–H and O–H groups in total. The van der Waals surface area contributed by atoms with Gasteiger partial charge in [-0.3, -0.25) is 0 Å². The summed E-state index contributed by atoms with van der Waals surface area (Å²) in [5.74, 6) is -0.183. The number of carboxylic acids is 1. The van der Waals surface area contributed by atoms with E-state index in [4.69, 9.17) is 9.47 Å². The standard InChI is InChI=1S/C16H15BrO4/c1-2-20-14-9-15(13(17)8-12(14)16(18)19)21-10-11-6-4-3-5-7-11/h3-9H,2,10H2,1H3,(H,18,19). The summed E-state index contributed by atoms with van der Waals surface area (Å²) in [6.07, 6.45) is 0. The van der Waals surface area contributed by atoms with Gasteiger partial charge in [0, 0.05) is 6.07 Å². The van der Waals surface area contributed by atoms with Gasteiger partial charge in [0.2, 0.25) is 0 Å². The fourth-order valence-electron chi connectivity index (χ4n) is 1.82. The van der Waals surface area contributed by atoms with Crippen LogP contribution < -0.4 is 9.47 Å². The molecule has 2 rings (SSSR count). The molecule has 0 unspecified atom stereocenters. The number of ether oxygens (including phenoxy) is 2. The van der Waals surface area contributed by atoms with Crippen molar-refractivity contribution >= 4 is 21.9 Å². The fourth-order valence-corrected chi connectivity index (χ4v) is 2.28. The van der Waals surface area contributed by atoms with E-state index in [1.54, 1.807) is 13.0 Å². The molecule has 0 aliphatic rings. The molecule has 0 spiro atoms. The summed E-state index contributed by atoms with van der Waals surface area (Å²) in [4.78, 5) is 11.2. The quantitative estimate of drug-likeness (QED) is 0.850. The number of carboxylic acid groups (broad SMARTS) is 1. The third-order valence-corrected chi connectivity index (χ3v) is 3.42. The highest BCUT2D eigenvalue weighted by Gasteiger charge is 2.16. The number of carbonyl (C=O) groups is 1. The molecule has 0 bridgehead atoms. The zero-order valence-corrected chi connectivity index (χ0v) is 13.1. The van der Waals surface area contributed by atoms with Gasteiger partial charge in [0.25, 0.3) is 0 Å². The molecule has 110 valence electrons. The molecule has 21 heavy (non-hydrogen) atoms. The second kappa shape index (κ2) is 7.13. The number of hydrogen-bond donors (Lipinski definition) is 1. The molecule has 0 atom stereocenters. The van der Waals surface area contributed by atoms with Crippen LogP contribution in [0.3, 0.4) is 0 Å². The van der Waals surface area contributed by atoms with E-state index in [1.807, 2.05) is 30.3 Å². The van der Waals surface area contributed by atoms with Crippen LogP contribution in [0.25, 0.3) is 0 Å². The van der Waals surface area contributed by atoms with E-state index in [-0.39, 0.29) is 5.56 Å². The Morgan fingerprint density at radius 2 is 1.86 bits per heavy atom. The molecule has 4 nitrogen and oxygen atoms in total. The summed E-state index contributed by atoms with van der Waals surface area (Å²) >= 11 is 3.33. The van der Waals surface area contributed by atoms with Gasteiger partial charge in [-0.1, -0.05) is 30.3 Å². The molecular weight excluding hydrogens is 336 g/mol. The Kier molecular flexibility index (Phi) is 5.22. The molecule has 0 heterocycles. The van der Waals surface area contributed by atoms with Gasteiger partial charge in [-0.25, -0.2) is 4.79 Å². The van der Waals surface area contributed by atoms with Gasteiger partial charge in [0.15, 0.2) is 0 Å². The van der Waals surface area contributed by atoms with E-state index in [0.29, 0.717) is 29.2 Å². The smallest absolute Gasteiger partial charge is 0.339 e. The van der Waals surface area contributed by atoms with Crippen LogP contribution in [-0.2, 0) is 6.61 Å². The highest BCUT2D eigenvalue weighted by atomic mass is 79.9. The van der Waals surface area contributed by atoms with E-state index < -0.39 is 5.97 Å². The average molecular weight is 351 g/mol. The third kappa shape index (κ3) is 3.98. The van der Waals surface area contributed by atoms with E-state index in [0.717, 1.165) is 5.56 Å². The second-order valence-corrected chi connectivity index (χ2v) is 5.15. The minimum Gasteiger partial charge on any atom is -0.493 e. The summed E-state index contributed by atoms with van der Waals surface area (Å²) in [7, 11) is 0. The summed E-state index contributed by atoms with van der Waals surface area (Å²) in [5.41, 5.74) is 1.14. The Hall–Kier alpha value is -2.01. The molecule has 0 saturated heterocycles. The van der Waals surface area contributed by atoms with Crippen LogP contribution in [0.1, 0.15) is 22.8 Å². The van der Waals surface area contributed by atoms with Crippen LogP contribution in [0.5, 0.6) is 11.5 Å². The van der Waals surface area contributed by atoms with Crippen molar-refractivity contribution in [3.63, 3.8) is 0 Å². The molecule has 2 aromatic carbocycles. The topological polar surface area (TPSA) is 55.8 Å². The Morgan fingerprint density at radius 1 is 1.14 bits per heavy atom. The van der Waals surface area contributed by atoms with Gasteiger partial charge >= 0.3 is 5.97 Å². The summed E-state index contributed by atoms with van der Waals surface area (Å²) in [5, 5.41) is 9.17. The lowest BCUT2D eigenvalue weighted by atomic mass is 10.2. The first-order valence-electron chi connectivity index (χ1n) is 6.48. The van der Waals surface area contributed by atoms with Gasteiger partial charge in [0.1, 0.15) is 23.7 Å². The number of halogens is 1. The van der Waals surface area contributed by atoms with Gasteiger partial charge in [-0.2, -0.15) is 0 Å².